The summed E-state index contributed by atoms with van der Waals surface area (Å²) < 4.78 is 0. The van der Waals surface area contributed by atoms with Crippen molar-refractivity contribution >= 4 is 18.0 Å². The number of anilines is 1. The molecular formula is C12H14N2O2. The zero-order chi connectivity index (χ0) is 11.8. The Kier molecular flexibility index (Phi) is 2.42. The Labute approximate surface area is 94.0 Å². The van der Waals surface area contributed by atoms with Crippen molar-refractivity contribution < 1.29 is 9.59 Å². The average molecular weight is 218 g/mol. The number of rotatable bonds is 2. The molecule has 84 valence electrons. The molecule has 0 atom stereocenters. The zero-order valence-electron chi connectivity index (χ0n) is 9.33. The molecular weight excluding hydrogens is 204 g/mol. The first-order chi connectivity index (χ1) is 7.57. The lowest BCUT2D eigenvalue weighted by Crippen LogP contribution is -2.44. The number of hydrogen-bond acceptors (Lipinski definition) is 2. The Balaban J connectivity index is 2.57. The highest BCUT2D eigenvalue weighted by Gasteiger charge is 2.35. The second kappa shape index (κ2) is 3.63. The van der Waals surface area contributed by atoms with Gasteiger partial charge in [-0.25, -0.2) is 0 Å². The van der Waals surface area contributed by atoms with Crippen LogP contribution in [0.3, 0.4) is 0 Å². The zero-order valence-corrected chi connectivity index (χ0v) is 9.33. The first-order valence-corrected chi connectivity index (χ1v) is 5.18. The molecule has 0 saturated carbocycles. The first kappa shape index (κ1) is 10.7. The molecule has 0 aromatic heterocycles. The number of nitrogens with one attached hydrogen (secondary N) is 2. The Hall–Kier alpha value is -1.84. The van der Waals surface area contributed by atoms with Crippen LogP contribution in [0, 0.1) is 0 Å². The van der Waals surface area contributed by atoms with Gasteiger partial charge in [-0.3, -0.25) is 9.59 Å². The highest BCUT2D eigenvalue weighted by atomic mass is 16.2. The van der Waals surface area contributed by atoms with Gasteiger partial charge in [-0.1, -0.05) is 12.1 Å². The number of benzene rings is 1. The van der Waals surface area contributed by atoms with Crippen LogP contribution in [0.15, 0.2) is 18.2 Å². The Morgan fingerprint density at radius 2 is 2.19 bits per heavy atom. The Morgan fingerprint density at radius 3 is 2.88 bits per heavy atom. The summed E-state index contributed by atoms with van der Waals surface area (Å²) in [7, 11) is 0. The molecule has 0 aliphatic carbocycles. The fourth-order valence-electron chi connectivity index (χ4n) is 2.07. The molecule has 2 rings (SSSR count). The predicted octanol–water partition coefficient (Wildman–Crippen LogP) is 1.16. The topological polar surface area (TPSA) is 58.2 Å². The van der Waals surface area contributed by atoms with E-state index in [1.165, 1.54) is 0 Å². The maximum Gasteiger partial charge on any atom is 0.230 e. The second-order valence-electron chi connectivity index (χ2n) is 4.40. The summed E-state index contributed by atoms with van der Waals surface area (Å²) in [5.74, 6) is 0.0169. The van der Waals surface area contributed by atoms with Gasteiger partial charge in [0.2, 0.25) is 12.3 Å². The maximum atomic E-state index is 11.7. The van der Waals surface area contributed by atoms with E-state index in [1.807, 2.05) is 32.0 Å². The molecule has 0 fully saturated rings. The van der Waals surface area contributed by atoms with Crippen molar-refractivity contribution in [3.63, 3.8) is 0 Å². The van der Waals surface area contributed by atoms with E-state index in [0.717, 1.165) is 16.8 Å². The van der Waals surface area contributed by atoms with Gasteiger partial charge in [0.05, 0.1) is 5.41 Å². The van der Waals surface area contributed by atoms with Gasteiger partial charge in [0.25, 0.3) is 0 Å². The molecule has 1 aliphatic heterocycles. The molecule has 0 radical (unpaired) electrons. The van der Waals surface area contributed by atoms with Gasteiger partial charge in [-0.15, -0.1) is 0 Å². The molecule has 1 aromatic carbocycles. The third-order valence-corrected chi connectivity index (χ3v) is 3.06. The summed E-state index contributed by atoms with van der Waals surface area (Å²) >= 11 is 0. The maximum absolute atomic E-state index is 11.7. The molecule has 0 spiro atoms. The molecule has 16 heavy (non-hydrogen) atoms. The van der Waals surface area contributed by atoms with Crippen LogP contribution in [-0.2, 0) is 21.5 Å². The average Bonchev–Trinajstić information content (AvgIpc) is 2.25. The smallest absolute Gasteiger partial charge is 0.230 e. The molecule has 1 heterocycles. The number of amides is 2. The van der Waals surface area contributed by atoms with Crippen molar-refractivity contribution in [2.24, 2.45) is 0 Å². The number of hydrogen-bond donors (Lipinski definition) is 2. The van der Waals surface area contributed by atoms with Crippen LogP contribution < -0.4 is 10.6 Å². The fourth-order valence-corrected chi connectivity index (χ4v) is 2.07. The molecule has 2 amide bonds. The lowest BCUT2D eigenvalue weighted by molar-refractivity contribution is -0.126. The van der Waals surface area contributed by atoms with E-state index in [9.17, 15) is 9.59 Å². The van der Waals surface area contributed by atoms with E-state index >= 15 is 0 Å². The SMILES string of the molecule is CC1(C)C(=O)NCc2c(NC=O)cccc21. The molecule has 2 N–H and O–H groups in total. The van der Waals surface area contributed by atoms with Crippen LogP contribution in [0.2, 0.25) is 0 Å². The first-order valence-electron chi connectivity index (χ1n) is 5.18. The molecule has 4 heteroatoms. The number of carbonyl (C=O) groups is 2. The van der Waals surface area contributed by atoms with Crippen molar-refractivity contribution in [3.05, 3.63) is 29.3 Å². The third kappa shape index (κ3) is 1.46. The summed E-state index contributed by atoms with van der Waals surface area (Å²) in [5, 5.41) is 5.49. The lowest BCUT2D eigenvalue weighted by Gasteiger charge is -2.32. The van der Waals surface area contributed by atoms with Gasteiger partial charge >= 0.3 is 0 Å². The van der Waals surface area contributed by atoms with Gasteiger partial charge in [-0.2, -0.15) is 0 Å². The van der Waals surface area contributed by atoms with Crippen LogP contribution in [0.1, 0.15) is 25.0 Å². The van der Waals surface area contributed by atoms with E-state index in [1.54, 1.807) is 0 Å². The molecule has 0 bridgehead atoms. The van der Waals surface area contributed by atoms with Crippen molar-refractivity contribution in [2.45, 2.75) is 25.8 Å². The number of fused-ring (bicyclic) bond motifs is 1. The molecule has 4 nitrogen and oxygen atoms in total. The summed E-state index contributed by atoms with van der Waals surface area (Å²) in [6, 6.07) is 5.62. The minimum Gasteiger partial charge on any atom is -0.351 e. The highest BCUT2D eigenvalue weighted by molar-refractivity contribution is 5.91. The van der Waals surface area contributed by atoms with Crippen LogP contribution in [0.4, 0.5) is 5.69 Å². The largest absolute Gasteiger partial charge is 0.351 e. The minimum atomic E-state index is -0.547. The fraction of sp³-hybridized carbons (Fsp3) is 0.333. The summed E-state index contributed by atoms with van der Waals surface area (Å²) in [4.78, 5) is 22.2. The third-order valence-electron chi connectivity index (χ3n) is 3.06. The lowest BCUT2D eigenvalue weighted by atomic mass is 9.78. The van der Waals surface area contributed by atoms with E-state index in [2.05, 4.69) is 10.6 Å². The standard InChI is InChI=1S/C12H14N2O2/c1-12(2)9-4-3-5-10(14-7-15)8(9)6-13-11(12)16/h3-5,7H,6H2,1-2H3,(H,13,16)(H,14,15). The molecule has 1 aromatic rings. The summed E-state index contributed by atoms with van der Waals surface area (Å²) in [6.45, 7) is 4.23. The van der Waals surface area contributed by atoms with Crippen LogP contribution >= 0.6 is 0 Å². The van der Waals surface area contributed by atoms with Crippen LogP contribution in [0.5, 0.6) is 0 Å². The molecule has 0 unspecified atom stereocenters. The van der Waals surface area contributed by atoms with E-state index < -0.39 is 5.41 Å². The quantitative estimate of drug-likeness (QED) is 0.732. The molecule has 0 saturated heterocycles. The molecule has 1 aliphatic rings. The van der Waals surface area contributed by atoms with Crippen molar-refractivity contribution in [3.8, 4) is 0 Å². The number of carbonyl (C=O) groups excluding carboxylic acids is 2. The Morgan fingerprint density at radius 1 is 1.44 bits per heavy atom. The minimum absolute atomic E-state index is 0.0169. The Bertz CT molecular complexity index is 452. The van der Waals surface area contributed by atoms with Crippen molar-refractivity contribution in [2.75, 3.05) is 5.32 Å². The second-order valence-corrected chi connectivity index (χ2v) is 4.40. The van der Waals surface area contributed by atoms with E-state index in [0.29, 0.717) is 13.0 Å². The normalized spacial score (nSPS) is 17.2. The van der Waals surface area contributed by atoms with Gasteiger partial charge in [0.1, 0.15) is 0 Å². The van der Waals surface area contributed by atoms with Gasteiger partial charge in [-0.05, 0) is 31.0 Å². The van der Waals surface area contributed by atoms with Gasteiger partial charge in [0, 0.05) is 12.2 Å². The summed E-state index contributed by atoms with van der Waals surface area (Å²) in [6.07, 6.45) is 0.652. The summed E-state index contributed by atoms with van der Waals surface area (Å²) in [5.41, 5.74) is 2.18. The van der Waals surface area contributed by atoms with Gasteiger partial charge < -0.3 is 10.6 Å². The predicted molar refractivity (Wildman–Crippen MR) is 61.0 cm³/mol. The van der Waals surface area contributed by atoms with Crippen LogP contribution in [0.25, 0.3) is 0 Å². The van der Waals surface area contributed by atoms with E-state index in [4.69, 9.17) is 0 Å². The van der Waals surface area contributed by atoms with Crippen molar-refractivity contribution in [1.82, 2.24) is 5.32 Å². The van der Waals surface area contributed by atoms with E-state index in [-0.39, 0.29) is 5.91 Å². The van der Waals surface area contributed by atoms with Crippen molar-refractivity contribution in [1.29, 1.82) is 0 Å². The monoisotopic (exact) mass is 218 g/mol. The van der Waals surface area contributed by atoms with Crippen LogP contribution in [-0.4, -0.2) is 12.3 Å². The van der Waals surface area contributed by atoms with Gasteiger partial charge in [0.15, 0.2) is 0 Å². The highest BCUT2D eigenvalue weighted by Crippen LogP contribution is 2.33.